The number of nitrogen functional groups attached to an aromatic ring is 1. The predicted molar refractivity (Wildman–Crippen MR) is 119 cm³/mol. The Bertz CT molecular complexity index is 1140. The van der Waals surface area contributed by atoms with E-state index in [-0.39, 0.29) is 5.92 Å². The minimum absolute atomic E-state index is 0.162. The number of nitrogens with two attached hydrogens (primary N) is 1. The molecule has 30 heavy (non-hydrogen) atoms. The summed E-state index contributed by atoms with van der Waals surface area (Å²) in [6.45, 7) is 0.903. The van der Waals surface area contributed by atoms with Crippen molar-refractivity contribution in [3.63, 3.8) is 0 Å². The van der Waals surface area contributed by atoms with Crippen molar-refractivity contribution in [2.24, 2.45) is 0 Å². The fraction of sp³-hybridized carbons (Fsp3) is 0.292. The van der Waals surface area contributed by atoms with Crippen LogP contribution in [0.3, 0.4) is 0 Å². The molecule has 4 N–H and O–H groups in total. The Morgan fingerprint density at radius 2 is 1.90 bits per heavy atom. The van der Waals surface area contributed by atoms with Gasteiger partial charge in [-0.2, -0.15) is 10.3 Å². The van der Waals surface area contributed by atoms with Crippen molar-refractivity contribution in [2.45, 2.75) is 37.6 Å². The van der Waals surface area contributed by atoms with Gasteiger partial charge in [-0.15, -0.1) is 5.10 Å². The van der Waals surface area contributed by atoms with Gasteiger partial charge in [0.15, 0.2) is 0 Å². The molecular formula is C24H26N6. The Hall–Kier alpha value is -3.25. The molecule has 0 saturated heterocycles. The third-order valence-electron chi connectivity index (χ3n) is 6.11. The third kappa shape index (κ3) is 3.66. The molecule has 5 rings (SSSR count). The first-order chi connectivity index (χ1) is 14.8. The van der Waals surface area contributed by atoms with Gasteiger partial charge >= 0.3 is 0 Å². The van der Waals surface area contributed by atoms with Crippen molar-refractivity contribution in [3.8, 4) is 0 Å². The molecule has 0 amide bonds. The molecule has 0 saturated carbocycles. The van der Waals surface area contributed by atoms with Crippen molar-refractivity contribution in [1.82, 2.24) is 25.7 Å². The molecule has 2 atom stereocenters. The zero-order valence-electron chi connectivity index (χ0n) is 16.9. The zero-order chi connectivity index (χ0) is 20.3. The van der Waals surface area contributed by atoms with Crippen LogP contribution in [0.1, 0.15) is 53.5 Å². The molecule has 2 aromatic carbocycles. The zero-order valence-corrected chi connectivity index (χ0v) is 16.9. The van der Waals surface area contributed by atoms with E-state index in [1.54, 1.807) is 0 Å². The topological polar surface area (TPSA) is 92.5 Å². The Morgan fingerprint density at radius 1 is 1.07 bits per heavy atom. The minimum atomic E-state index is 0.162. The fourth-order valence-electron chi connectivity index (χ4n) is 4.70. The van der Waals surface area contributed by atoms with Gasteiger partial charge in [0.05, 0.1) is 0 Å². The average Bonchev–Trinajstić information content (AvgIpc) is 3.25. The number of aromatic nitrogens is 4. The number of anilines is 1. The first kappa shape index (κ1) is 18.8. The highest BCUT2D eigenvalue weighted by molar-refractivity contribution is 5.77. The number of H-pyrrole nitrogens is 1. The maximum absolute atomic E-state index is 6.09. The summed E-state index contributed by atoms with van der Waals surface area (Å²) in [5.41, 5.74) is 12.7. The van der Waals surface area contributed by atoms with E-state index in [0.29, 0.717) is 17.5 Å². The smallest absolute Gasteiger partial charge is 0.203 e. The summed E-state index contributed by atoms with van der Waals surface area (Å²) >= 11 is 0. The van der Waals surface area contributed by atoms with Crippen LogP contribution < -0.4 is 11.1 Å². The number of pyridine rings is 1. The van der Waals surface area contributed by atoms with Gasteiger partial charge in [-0.3, -0.25) is 0 Å². The van der Waals surface area contributed by atoms with E-state index in [4.69, 9.17) is 5.73 Å². The molecule has 2 heterocycles. The van der Waals surface area contributed by atoms with E-state index >= 15 is 0 Å². The van der Waals surface area contributed by atoms with Crippen LogP contribution in [0.5, 0.6) is 0 Å². The van der Waals surface area contributed by atoms with Crippen LogP contribution in [0.4, 0.5) is 5.82 Å². The number of aryl methyl sites for hydroxylation is 1. The van der Waals surface area contributed by atoms with E-state index in [1.165, 1.54) is 36.0 Å². The standard InChI is InChI=1S/C24H26N6/c25-22-15-20(23-24(27-22)29-30-28-23)18(16-7-2-1-3-8-16)13-14-26-21-12-6-10-17-9-4-5-11-19(17)21/h1-5,7-9,11,15,18,21,26H,6,10,12-14H2,(H3,25,27,28,29,30). The average molecular weight is 399 g/mol. The van der Waals surface area contributed by atoms with E-state index in [0.717, 1.165) is 24.0 Å². The lowest BCUT2D eigenvalue weighted by atomic mass is 9.86. The van der Waals surface area contributed by atoms with Gasteiger partial charge in [0.2, 0.25) is 5.65 Å². The second kappa shape index (κ2) is 8.24. The Morgan fingerprint density at radius 3 is 2.80 bits per heavy atom. The number of aromatic amines is 1. The van der Waals surface area contributed by atoms with Gasteiger partial charge in [-0.1, -0.05) is 54.6 Å². The summed E-state index contributed by atoms with van der Waals surface area (Å²) in [5.74, 6) is 0.636. The van der Waals surface area contributed by atoms with E-state index in [2.05, 4.69) is 74.2 Å². The number of nitrogens with one attached hydrogen (secondary N) is 2. The molecule has 6 heteroatoms. The number of fused-ring (bicyclic) bond motifs is 2. The Balaban J connectivity index is 1.41. The monoisotopic (exact) mass is 398 g/mol. The lowest BCUT2D eigenvalue weighted by Crippen LogP contribution is -2.27. The minimum Gasteiger partial charge on any atom is -0.384 e. The molecule has 0 aliphatic heterocycles. The van der Waals surface area contributed by atoms with Crippen LogP contribution in [0.2, 0.25) is 0 Å². The quantitative estimate of drug-likeness (QED) is 0.454. The number of rotatable bonds is 6. The van der Waals surface area contributed by atoms with E-state index < -0.39 is 0 Å². The van der Waals surface area contributed by atoms with Crippen molar-refractivity contribution in [1.29, 1.82) is 0 Å². The summed E-state index contributed by atoms with van der Waals surface area (Å²) in [4.78, 5) is 4.31. The lowest BCUT2D eigenvalue weighted by Gasteiger charge is -2.27. The summed E-state index contributed by atoms with van der Waals surface area (Å²) in [6.07, 6.45) is 4.54. The van der Waals surface area contributed by atoms with Crippen molar-refractivity contribution >= 4 is 17.0 Å². The van der Waals surface area contributed by atoms with Crippen LogP contribution in [-0.4, -0.2) is 26.9 Å². The highest BCUT2D eigenvalue weighted by Gasteiger charge is 2.22. The molecule has 4 aromatic rings. The van der Waals surface area contributed by atoms with Gasteiger partial charge in [-0.05, 0) is 60.5 Å². The Kier molecular flexibility index (Phi) is 5.15. The van der Waals surface area contributed by atoms with Crippen LogP contribution in [0.15, 0.2) is 60.7 Å². The van der Waals surface area contributed by atoms with Gasteiger partial charge in [0.25, 0.3) is 0 Å². The van der Waals surface area contributed by atoms with Gasteiger partial charge in [0.1, 0.15) is 11.3 Å². The molecule has 0 spiro atoms. The number of nitrogens with zero attached hydrogens (tertiary/aromatic N) is 3. The number of benzene rings is 2. The van der Waals surface area contributed by atoms with Crippen molar-refractivity contribution in [3.05, 3.63) is 82.9 Å². The fourth-order valence-corrected chi connectivity index (χ4v) is 4.70. The second-order valence-electron chi connectivity index (χ2n) is 7.98. The third-order valence-corrected chi connectivity index (χ3v) is 6.11. The molecule has 152 valence electrons. The maximum Gasteiger partial charge on any atom is 0.203 e. The molecular weight excluding hydrogens is 372 g/mol. The van der Waals surface area contributed by atoms with Gasteiger partial charge in [0, 0.05) is 12.0 Å². The molecule has 0 fully saturated rings. The van der Waals surface area contributed by atoms with E-state index in [9.17, 15) is 0 Å². The highest BCUT2D eigenvalue weighted by atomic mass is 15.3. The lowest BCUT2D eigenvalue weighted by molar-refractivity contribution is 0.450. The van der Waals surface area contributed by atoms with Crippen molar-refractivity contribution < 1.29 is 0 Å². The number of hydrogen-bond donors (Lipinski definition) is 3. The number of hydrogen-bond acceptors (Lipinski definition) is 5. The summed E-state index contributed by atoms with van der Waals surface area (Å²) in [7, 11) is 0. The predicted octanol–water partition coefficient (Wildman–Crippen LogP) is 4.12. The Labute approximate surface area is 175 Å². The summed E-state index contributed by atoms with van der Waals surface area (Å²) < 4.78 is 0. The first-order valence-corrected chi connectivity index (χ1v) is 10.6. The van der Waals surface area contributed by atoms with Crippen LogP contribution in [-0.2, 0) is 6.42 Å². The van der Waals surface area contributed by atoms with Gasteiger partial charge in [-0.25, -0.2) is 4.98 Å². The molecule has 1 aliphatic carbocycles. The first-order valence-electron chi connectivity index (χ1n) is 10.6. The largest absolute Gasteiger partial charge is 0.384 e. The summed E-state index contributed by atoms with van der Waals surface area (Å²) in [5, 5.41) is 15.0. The van der Waals surface area contributed by atoms with Crippen molar-refractivity contribution in [2.75, 3.05) is 12.3 Å². The molecule has 0 bridgehead atoms. The van der Waals surface area contributed by atoms with Crippen LogP contribution in [0.25, 0.3) is 11.2 Å². The molecule has 1 aliphatic rings. The normalized spacial score (nSPS) is 17.0. The van der Waals surface area contributed by atoms with Gasteiger partial charge < -0.3 is 11.1 Å². The molecule has 2 unspecified atom stereocenters. The van der Waals surface area contributed by atoms with Crippen LogP contribution >= 0.6 is 0 Å². The molecule has 0 radical (unpaired) electrons. The summed E-state index contributed by atoms with van der Waals surface area (Å²) in [6, 6.07) is 21.7. The second-order valence-corrected chi connectivity index (χ2v) is 7.98. The SMILES string of the molecule is Nc1cc(C(CCNC2CCCc3ccccc32)c2ccccc2)c2n[nH]nc2n1. The maximum atomic E-state index is 6.09. The molecule has 2 aromatic heterocycles. The highest BCUT2D eigenvalue weighted by Crippen LogP contribution is 2.33. The molecule has 6 nitrogen and oxygen atoms in total. The van der Waals surface area contributed by atoms with E-state index in [1.807, 2.05) is 12.1 Å². The van der Waals surface area contributed by atoms with Crippen LogP contribution in [0, 0.1) is 0 Å².